The van der Waals surface area contributed by atoms with Crippen LogP contribution in [0.1, 0.15) is 18.1 Å². The lowest BCUT2D eigenvalue weighted by Gasteiger charge is -2.12. The van der Waals surface area contributed by atoms with Crippen LogP contribution < -0.4 is 5.32 Å². The number of fused-ring (bicyclic) bond motifs is 1. The first kappa shape index (κ1) is 15.2. The van der Waals surface area contributed by atoms with Gasteiger partial charge in [-0.15, -0.1) is 0 Å². The highest BCUT2D eigenvalue weighted by Gasteiger charge is 2.24. The first-order valence-corrected chi connectivity index (χ1v) is 7.41. The van der Waals surface area contributed by atoms with Crippen LogP contribution in [-0.2, 0) is 4.79 Å². The number of halogens is 1. The number of amides is 1. The summed E-state index contributed by atoms with van der Waals surface area (Å²) in [7, 11) is 0. The standard InChI is InChI=1S/C17H13ClN2O3/c1-10-8-13(12-4-2-3-5-15(12)18)14-9-11(20(22)23)6-7-16(14)19-17(10)21/h2-10H,1H3,(H,19,21). The number of nitrogens with one attached hydrogen (secondary N) is 1. The molecule has 1 heterocycles. The molecule has 1 atom stereocenters. The average Bonchev–Trinajstić information content (AvgIpc) is 2.64. The molecule has 1 N–H and O–H groups in total. The number of non-ortho nitro benzene ring substituents is 1. The number of carbonyl (C=O) groups excluding carboxylic acids is 1. The Morgan fingerprint density at radius 1 is 1.17 bits per heavy atom. The van der Waals surface area contributed by atoms with Gasteiger partial charge in [0.05, 0.1) is 10.8 Å². The molecule has 1 amide bonds. The molecular weight excluding hydrogens is 316 g/mol. The summed E-state index contributed by atoms with van der Waals surface area (Å²) in [6, 6.07) is 11.6. The van der Waals surface area contributed by atoms with Gasteiger partial charge in [0, 0.05) is 34.0 Å². The fourth-order valence-corrected chi connectivity index (χ4v) is 2.79. The Morgan fingerprint density at radius 3 is 2.61 bits per heavy atom. The van der Waals surface area contributed by atoms with E-state index < -0.39 is 4.92 Å². The minimum absolute atomic E-state index is 0.0366. The summed E-state index contributed by atoms with van der Waals surface area (Å²) >= 11 is 6.28. The van der Waals surface area contributed by atoms with Gasteiger partial charge < -0.3 is 5.32 Å². The zero-order chi connectivity index (χ0) is 16.6. The van der Waals surface area contributed by atoms with Crippen molar-refractivity contribution in [2.24, 2.45) is 5.92 Å². The largest absolute Gasteiger partial charge is 0.325 e. The van der Waals surface area contributed by atoms with Crippen molar-refractivity contribution in [2.75, 3.05) is 5.32 Å². The van der Waals surface area contributed by atoms with E-state index in [-0.39, 0.29) is 17.5 Å². The number of benzene rings is 2. The van der Waals surface area contributed by atoms with Crippen molar-refractivity contribution in [1.82, 2.24) is 0 Å². The van der Waals surface area contributed by atoms with E-state index in [0.29, 0.717) is 21.8 Å². The zero-order valence-electron chi connectivity index (χ0n) is 12.2. The number of hydrogen-bond donors (Lipinski definition) is 1. The number of nitro benzene ring substituents is 1. The molecule has 2 aromatic rings. The van der Waals surface area contributed by atoms with E-state index in [1.807, 2.05) is 18.2 Å². The SMILES string of the molecule is CC1C=C(c2ccccc2Cl)c2cc([N+](=O)[O-])ccc2NC1=O. The third kappa shape index (κ3) is 2.83. The van der Waals surface area contributed by atoms with Crippen molar-refractivity contribution in [1.29, 1.82) is 0 Å². The molecular formula is C17H13ClN2O3. The van der Waals surface area contributed by atoms with Crippen LogP contribution in [0.3, 0.4) is 0 Å². The van der Waals surface area contributed by atoms with Gasteiger partial charge >= 0.3 is 0 Å². The fourth-order valence-electron chi connectivity index (χ4n) is 2.55. The predicted molar refractivity (Wildman–Crippen MR) is 89.4 cm³/mol. The summed E-state index contributed by atoms with van der Waals surface area (Å²) in [6.07, 6.45) is 1.78. The van der Waals surface area contributed by atoms with E-state index in [1.54, 1.807) is 25.1 Å². The van der Waals surface area contributed by atoms with Crippen molar-refractivity contribution < 1.29 is 9.72 Å². The molecule has 116 valence electrons. The normalized spacial score (nSPS) is 16.9. The van der Waals surface area contributed by atoms with Crippen LogP contribution in [0.25, 0.3) is 5.57 Å². The summed E-state index contributed by atoms with van der Waals surface area (Å²) in [5.41, 5.74) is 2.53. The molecule has 0 radical (unpaired) electrons. The van der Waals surface area contributed by atoms with Crippen LogP contribution >= 0.6 is 11.6 Å². The van der Waals surface area contributed by atoms with Gasteiger partial charge in [-0.25, -0.2) is 0 Å². The van der Waals surface area contributed by atoms with Crippen molar-refractivity contribution in [3.8, 4) is 0 Å². The van der Waals surface area contributed by atoms with E-state index in [2.05, 4.69) is 5.32 Å². The summed E-state index contributed by atoms with van der Waals surface area (Å²) in [5.74, 6) is -0.546. The number of nitrogens with zero attached hydrogens (tertiary/aromatic N) is 1. The van der Waals surface area contributed by atoms with Gasteiger partial charge in [0.1, 0.15) is 0 Å². The smallest absolute Gasteiger partial charge is 0.270 e. The second-order valence-electron chi connectivity index (χ2n) is 5.33. The molecule has 1 unspecified atom stereocenters. The number of anilines is 1. The first-order valence-electron chi connectivity index (χ1n) is 7.04. The van der Waals surface area contributed by atoms with Crippen molar-refractivity contribution in [2.45, 2.75) is 6.92 Å². The monoisotopic (exact) mass is 328 g/mol. The molecule has 0 saturated heterocycles. The molecule has 0 saturated carbocycles. The van der Waals surface area contributed by atoms with Crippen molar-refractivity contribution >= 4 is 34.5 Å². The second kappa shape index (κ2) is 5.85. The highest BCUT2D eigenvalue weighted by molar-refractivity contribution is 6.32. The molecule has 5 nitrogen and oxygen atoms in total. The average molecular weight is 329 g/mol. The van der Waals surface area contributed by atoms with Crippen LogP contribution in [0.5, 0.6) is 0 Å². The quantitative estimate of drug-likeness (QED) is 0.661. The lowest BCUT2D eigenvalue weighted by Crippen LogP contribution is -2.17. The Labute approximate surface area is 137 Å². The van der Waals surface area contributed by atoms with Crippen LogP contribution in [0, 0.1) is 16.0 Å². The predicted octanol–water partition coefficient (Wildman–Crippen LogP) is 4.27. The van der Waals surface area contributed by atoms with Crippen LogP contribution in [-0.4, -0.2) is 10.8 Å². The van der Waals surface area contributed by atoms with Gasteiger partial charge in [0.25, 0.3) is 5.69 Å². The molecule has 0 bridgehead atoms. The van der Waals surface area contributed by atoms with Crippen molar-refractivity contribution in [3.63, 3.8) is 0 Å². The lowest BCUT2D eigenvalue weighted by atomic mass is 9.94. The second-order valence-corrected chi connectivity index (χ2v) is 5.73. The molecule has 1 aliphatic rings. The summed E-state index contributed by atoms with van der Waals surface area (Å²) in [6.45, 7) is 1.77. The van der Waals surface area contributed by atoms with Gasteiger partial charge in [0.2, 0.25) is 5.91 Å². The van der Waals surface area contributed by atoms with Gasteiger partial charge in [-0.1, -0.05) is 42.8 Å². The van der Waals surface area contributed by atoms with E-state index in [1.165, 1.54) is 12.1 Å². The highest BCUT2D eigenvalue weighted by atomic mass is 35.5. The Morgan fingerprint density at radius 2 is 1.91 bits per heavy atom. The molecule has 0 fully saturated rings. The van der Waals surface area contributed by atoms with Crippen molar-refractivity contribution in [3.05, 3.63) is 74.8 Å². The maximum Gasteiger partial charge on any atom is 0.270 e. The zero-order valence-corrected chi connectivity index (χ0v) is 13.0. The van der Waals surface area contributed by atoms with Gasteiger partial charge in [-0.05, 0) is 17.7 Å². The first-order chi connectivity index (χ1) is 11.0. The molecule has 3 rings (SSSR count). The van der Waals surface area contributed by atoms with E-state index >= 15 is 0 Å². The van der Waals surface area contributed by atoms with Gasteiger partial charge in [0.15, 0.2) is 0 Å². The number of nitro groups is 1. The van der Waals surface area contributed by atoms with E-state index in [4.69, 9.17) is 11.6 Å². The van der Waals surface area contributed by atoms with Gasteiger partial charge in [-0.3, -0.25) is 14.9 Å². The Balaban J connectivity index is 2.27. The van der Waals surface area contributed by atoms with Crippen LogP contribution in [0.2, 0.25) is 5.02 Å². The maximum absolute atomic E-state index is 12.1. The number of rotatable bonds is 2. The Hall–Kier alpha value is -2.66. The number of carbonyl (C=O) groups is 1. The third-order valence-corrected chi connectivity index (χ3v) is 4.09. The van der Waals surface area contributed by atoms with Crippen LogP contribution in [0.15, 0.2) is 48.5 Å². The molecule has 2 aromatic carbocycles. The summed E-state index contributed by atoms with van der Waals surface area (Å²) in [4.78, 5) is 22.8. The van der Waals surface area contributed by atoms with E-state index in [9.17, 15) is 14.9 Å². The number of hydrogen-bond acceptors (Lipinski definition) is 3. The Kier molecular flexibility index (Phi) is 3.88. The molecule has 0 aromatic heterocycles. The molecule has 0 aliphatic carbocycles. The molecule has 6 heteroatoms. The van der Waals surface area contributed by atoms with Crippen LogP contribution in [0.4, 0.5) is 11.4 Å². The Bertz CT molecular complexity index is 845. The topological polar surface area (TPSA) is 72.2 Å². The minimum atomic E-state index is -0.458. The molecule has 1 aliphatic heterocycles. The fraction of sp³-hybridized carbons (Fsp3) is 0.118. The summed E-state index contributed by atoms with van der Waals surface area (Å²) in [5, 5.41) is 14.4. The molecule has 23 heavy (non-hydrogen) atoms. The van der Waals surface area contributed by atoms with E-state index in [0.717, 1.165) is 5.56 Å². The van der Waals surface area contributed by atoms with Gasteiger partial charge in [-0.2, -0.15) is 0 Å². The minimum Gasteiger partial charge on any atom is -0.325 e. The highest BCUT2D eigenvalue weighted by Crippen LogP contribution is 2.38. The summed E-state index contributed by atoms with van der Waals surface area (Å²) < 4.78 is 0. The maximum atomic E-state index is 12.1. The molecule has 0 spiro atoms. The third-order valence-electron chi connectivity index (χ3n) is 3.76. The lowest BCUT2D eigenvalue weighted by molar-refractivity contribution is -0.384.